The Balaban J connectivity index is 2.32. The highest BCUT2D eigenvalue weighted by atomic mass is 19.1. The van der Waals surface area contributed by atoms with E-state index in [2.05, 4.69) is 0 Å². The quantitative estimate of drug-likeness (QED) is 0.819. The van der Waals surface area contributed by atoms with Gasteiger partial charge in [-0.25, -0.2) is 8.78 Å². The van der Waals surface area contributed by atoms with E-state index in [1.165, 1.54) is 4.90 Å². The maximum atomic E-state index is 13.5. The Hall–Kier alpha value is -1.65. The van der Waals surface area contributed by atoms with E-state index in [1.54, 1.807) is 0 Å². The molecule has 0 unspecified atom stereocenters. The standard InChI is InChI=1S/C12H13F2NO2/c13-8-4-5-9(16)11(14)10(8)12(17)15-6-2-1-3-7-15/h4-5,16H,1-3,6-7H2. The van der Waals surface area contributed by atoms with Crippen LogP contribution >= 0.6 is 0 Å². The Morgan fingerprint density at radius 3 is 2.47 bits per heavy atom. The zero-order valence-corrected chi connectivity index (χ0v) is 9.25. The molecule has 5 heteroatoms. The van der Waals surface area contributed by atoms with Crippen LogP contribution in [0.2, 0.25) is 0 Å². The lowest BCUT2D eigenvalue weighted by Gasteiger charge is -2.27. The van der Waals surface area contributed by atoms with Gasteiger partial charge in [-0.1, -0.05) is 0 Å². The molecular weight excluding hydrogens is 228 g/mol. The van der Waals surface area contributed by atoms with Gasteiger partial charge in [0.2, 0.25) is 0 Å². The fraction of sp³-hybridized carbons (Fsp3) is 0.417. The first-order valence-corrected chi connectivity index (χ1v) is 5.57. The fourth-order valence-corrected chi connectivity index (χ4v) is 1.99. The molecular formula is C12H13F2NO2. The van der Waals surface area contributed by atoms with Crippen molar-refractivity contribution in [2.45, 2.75) is 19.3 Å². The molecule has 1 heterocycles. The predicted octanol–water partition coefficient (Wildman–Crippen LogP) is 2.30. The first-order chi connectivity index (χ1) is 8.11. The van der Waals surface area contributed by atoms with E-state index >= 15 is 0 Å². The second-order valence-corrected chi connectivity index (χ2v) is 4.11. The van der Waals surface area contributed by atoms with E-state index in [4.69, 9.17) is 5.11 Å². The SMILES string of the molecule is O=C(c1c(F)ccc(O)c1F)N1CCCCC1. The number of hydrogen-bond donors (Lipinski definition) is 1. The number of piperidine rings is 1. The van der Waals surface area contributed by atoms with Crippen LogP contribution in [0.4, 0.5) is 8.78 Å². The Kier molecular flexibility index (Phi) is 3.26. The van der Waals surface area contributed by atoms with Crippen LogP contribution in [0, 0.1) is 11.6 Å². The van der Waals surface area contributed by atoms with Crippen LogP contribution in [0.25, 0.3) is 0 Å². The van der Waals surface area contributed by atoms with Crippen LogP contribution in [-0.2, 0) is 0 Å². The van der Waals surface area contributed by atoms with Gasteiger partial charge in [-0.3, -0.25) is 4.79 Å². The molecule has 1 aromatic rings. The van der Waals surface area contributed by atoms with Crippen LogP contribution in [-0.4, -0.2) is 29.0 Å². The lowest BCUT2D eigenvalue weighted by molar-refractivity contribution is 0.0713. The molecule has 0 atom stereocenters. The number of nitrogens with zero attached hydrogens (tertiary/aromatic N) is 1. The van der Waals surface area contributed by atoms with Crippen molar-refractivity contribution < 1.29 is 18.7 Å². The summed E-state index contributed by atoms with van der Waals surface area (Å²) in [7, 11) is 0. The number of rotatable bonds is 1. The lowest BCUT2D eigenvalue weighted by Crippen LogP contribution is -2.36. The van der Waals surface area contributed by atoms with E-state index < -0.39 is 28.9 Å². The Morgan fingerprint density at radius 1 is 1.18 bits per heavy atom. The molecule has 17 heavy (non-hydrogen) atoms. The topological polar surface area (TPSA) is 40.5 Å². The van der Waals surface area contributed by atoms with Gasteiger partial charge in [-0.05, 0) is 31.4 Å². The molecule has 0 saturated carbocycles. The summed E-state index contributed by atoms with van der Waals surface area (Å²) in [4.78, 5) is 13.3. The molecule has 1 fully saturated rings. The monoisotopic (exact) mass is 241 g/mol. The van der Waals surface area contributed by atoms with Gasteiger partial charge in [0.15, 0.2) is 11.6 Å². The number of aromatic hydroxyl groups is 1. The maximum absolute atomic E-state index is 13.5. The molecule has 0 aromatic heterocycles. The molecule has 3 nitrogen and oxygen atoms in total. The summed E-state index contributed by atoms with van der Waals surface area (Å²) in [5, 5.41) is 9.16. The third-order valence-corrected chi connectivity index (χ3v) is 2.93. The third-order valence-electron chi connectivity index (χ3n) is 2.93. The van der Waals surface area contributed by atoms with Gasteiger partial charge >= 0.3 is 0 Å². The number of phenolic OH excluding ortho intramolecular Hbond substituents is 1. The number of likely N-dealkylation sites (tertiary alicyclic amines) is 1. The number of carbonyl (C=O) groups excluding carboxylic acids is 1. The van der Waals surface area contributed by atoms with E-state index in [9.17, 15) is 13.6 Å². The Morgan fingerprint density at radius 2 is 1.82 bits per heavy atom. The predicted molar refractivity (Wildman–Crippen MR) is 57.8 cm³/mol. The highest BCUT2D eigenvalue weighted by Gasteiger charge is 2.26. The van der Waals surface area contributed by atoms with Crippen LogP contribution in [0.1, 0.15) is 29.6 Å². The van der Waals surface area contributed by atoms with Crippen molar-refractivity contribution in [2.75, 3.05) is 13.1 Å². The fourth-order valence-electron chi connectivity index (χ4n) is 1.99. The van der Waals surface area contributed by atoms with Gasteiger partial charge in [-0.2, -0.15) is 0 Å². The zero-order chi connectivity index (χ0) is 12.4. The molecule has 0 bridgehead atoms. The highest BCUT2D eigenvalue weighted by molar-refractivity contribution is 5.95. The molecule has 1 aliphatic heterocycles. The van der Waals surface area contributed by atoms with E-state index in [1.807, 2.05) is 0 Å². The van der Waals surface area contributed by atoms with Crippen molar-refractivity contribution in [1.29, 1.82) is 0 Å². The average Bonchev–Trinajstić information content (AvgIpc) is 2.35. The van der Waals surface area contributed by atoms with Gasteiger partial charge in [0.1, 0.15) is 11.4 Å². The summed E-state index contributed by atoms with van der Waals surface area (Å²) in [6.07, 6.45) is 2.70. The molecule has 0 spiro atoms. The first kappa shape index (κ1) is 11.8. The Bertz CT molecular complexity index is 442. The first-order valence-electron chi connectivity index (χ1n) is 5.57. The molecule has 1 aliphatic rings. The summed E-state index contributed by atoms with van der Waals surface area (Å²) in [6, 6.07) is 1.80. The summed E-state index contributed by atoms with van der Waals surface area (Å²) >= 11 is 0. The Labute approximate surface area is 97.7 Å². The van der Waals surface area contributed by atoms with Crippen LogP contribution < -0.4 is 0 Å². The second-order valence-electron chi connectivity index (χ2n) is 4.11. The number of benzene rings is 1. The summed E-state index contributed by atoms with van der Waals surface area (Å²) in [5.41, 5.74) is -0.660. The van der Waals surface area contributed by atoms with Crippen molar-refractivity contribution in [3.05, 3.63) is 29.3 Å². The number of halogens is 2. The summed E-state index contributed by atoms with van der Waals surface area (Å²) in [6.45, 7) is 1.01. The van der Waals surface area contributed by atoms with Gasteiger partial charge in [0, 0.05) is 13.1 Å². The third kappa shape index (κ3) is 2.23. The highest BCUT2D eigenvalue weighted by Crippen LogP contribution is 2.24. The van der Waals surface area contributed by atoms with Crippen molar-refractivity contribution in [2.24, 2.45) is 0 Å². The summed E-state index contributed by atoms with van der Waals surface area (Å²) in [5.74, 6) is -3.50. The smallest absolute Gasteiger partial charge is 0.259 e. The normalized spacial score (nSPS) is 16.0. The molecule has 92 valence electrons. The minimum Gasteiger partial charge on any atom is -0.505 e. The van der Waals surface area contributed by atoms with Crippen molar-refractivity contribution in [3.63, 3.8) is 0 Å². The van der Waals surface area contributed by atoms with E-state index in [0.29, 0.717) is 13.1 Å². The minimum absolute atomic E-state index is 0.507. The number of hydrogen-bond acceptors (Lipinski definition) is 2. The number of carbonyl (C=O) groups is 1. The molecule has 1 amide bonds. The molecule has 1 N–H and O–H groups in total. The van der Waals surface area contributed by atoms with Crippen molar-refractivity contribution in [3.8, 4) is 5.75 Å². The zero-order valence-electron chi connectivity index (χ0n) is 9.25. The minimum atomic E-state index is -1.18. The molecule has 1 aromatic carbocycles. The van der Waals surface area contributed by atoms with Crippen LogP contribution in [0.3, 0.4) is 0 Å². The van der Waals surface area contributed by atoms with Gasteiger partial charge < -0.3 is 10.0 Å². The lowest BCUT2D eigenvalue weighted by atomic mass is 10.1. The molecule has 0 radical (unpaired) electrons. The van der Waals surface area contributed by atoms with Gasteiger partial charge in [0.05, 0.1) is 0 Å². The molecule has 1 saturated heterocycles. The maximum Gasteiger partial charge on any atom is 0.259 e. The van der Waals surface area contributed by atoms with E-state index in [0.717, 1.165) is 31.4 Å². The van der Waals surface area contributed by atoms with Crippen LogP contribution in [0.15, 0.2) is 12.1 Å². The van der Waals surface area contributed by atoms with Crippen molar-refractivity contribution >= 4 is 5.91 Å². The molecule has 0 aliphatic carbocycles. The largest absolute Gasteiger partial charge is 0.505 e. The van der Waals surface area contributed by atoms with Gasteiger partial charge in [0.25, 0.3) is 5.91 Å². The van der Waals surface area contributed by atoms with Crippen molar-refractivity contribution in [1.82, 2.24) is 4.90 Å². The van der Waals surface area contributed by atoms with Crippen LogP contribution in [0.5, 0.6) is 5.75 Å². The molecule has 2 rings (SSSR count). The summed E-state index contributed by atoms with van der Waals surface area (Å²) < 4.78 is 27.0. The average molecular weight is 241 g/mol. The number of amides is 1. The van der Waals surface area contributed by atoms with Gasteiger partial charge in [-0.15, -0.1) is 0 Å². The second kappa shape index (κ2) is 4.69. The van der Waals surface area contributed by atoms with E-state index in [-0.39, 0.29) is 0 Å². The number of phenols is 1.